The first-order valence-corrected chi connectivity index (χ1v) is 7.87. The molecule has 116 valence electrons. The summed E-state index contributed by atoms with van der Waals surface area (Å²) in [6.45, 7) is 0. The van der Waals surface area contributed by atoms with Crippen molar-refractivity contribution in [3.63, 3.8) is 0 Å². The van der Waals surface area contributed by atoms with Gasteiger partial charge < -0.3 is 15.2 Å². The standard InChI is InChI=1S/C17H19NO3S/c19-13(15-14(22)9-18-16(15)17(20)21)8-10-5-6-11-3-1-2-4-12(11)7-10/h1-4,9-10,17-18,20-22H,5-8H2. The van der Waals surface area contributed by atoms with Crippen molar-refractivity contribution < 1.29 is 15.0 Å². The second-order valence-corrected chi connectivity index (χ2v) is 6.32. The number of benzene rings is 1. The van der Waals surface area contributed by atoms with E-state index in [4.69, 9.17) is 0 Å². The number of aliphatic hydroxyl groups is 2. The van der Waals surface area contributed by atoms with Crippen LogP contribution in [0.25, 0.3) is 0 Å². The number of Topliss-reactive ketones (excluding diaryl/α,β-unsaturated/α-hetero) is 1. The molecule has 1 unspecified atom stereocenters. The Hall–Kier alpha value is -1.56. The number of aromatic amines is 1. The van der Waals surface area contributed by atoms with Crippen molar-refractivity contribution in [3.8, 4) is 0 Å². The van der Waals surface area contributed by atoms with E-state index in [1.54, 1.807) is 0 Å². The highest BCUT2D eigenvalue weighted by atomic mass is 32.1. The number of aryl methyl sites for hydroxylation is 1. The van der Waals surface area contributed by atoms with Crippen molar-refractivity contribution >= 4 is 18.4 Å². The third-order valence-corrected chi connectivity index (χ3v) is 4.70. The first-order chi connectivity index (χ1) is 10.6. The van der Waals surface area contributed by atoms with Crippen LogP contribution in [0.1, 0.15) is 46.3 Å². The van der Waals surface area contributed by atoms with E-state index >= 15 is 0 Å². The number of ketones is 1. The summed E-state index contributed by atoms with van der Waals surface area (Å²) >= 11 is 4.24. The Kier molecular flexibility index (Phi) is 4.38. The van der Waals surface area contributed by atoms with Crippen LogP contribution in [-0.4, -0.2) is 21.0 Å². The predicted molar refractivity (Wildman–Crippen MR) is 86.1 cm³/mol. The van der Waals surface area contributed by atoms with E-state index < -0.39 is 6.29 Å². The molecule has 0 fully saturated rings. The molecule has 0 saturated carbocycles. The summed E-state index contributed by atoms with van der Waals surface area (Å²) in [5.41, 5.74) is 3.12. The molecule has 1 aromatic carbocycles. The maximum absolute atomic E-state index is 12.5. The number of fused-ring (bicyclic) bond motifs is 1. The molecule has 0 amide bonds. The van der Waals surface area contributed by atoms with Crippen molar-refractivity contribution in [2.45, 2.75) is 36.9 Å². The van der Waals surface area contributed by atoms with Crippen molar-refractivity contribution in [2.75, 3.05) is 0 Å². The number of rotatable bonds is 4. The van der Waals surface area contributed by atoms with E-state index in [9.17, 15) is 15.0 Å². The number of carbonyl (C=O) groups is 1. The quantitative estimate of drug-likeness (QED) is 0.398. The van der Waals surface area contributed by atoms with Crippen LogP contribution in [0.3, 0.4) is 0 Å². The Balaban J connectivity index is 1.75. The summed E-state index contributed by atoms with van der Waals surface area (Å²) in [6, 6.07) is 8.34. The lowest BCUT2D eigenvalue weighted by molar-refractivity contribution is -0.0459. The van der Waals surface area contributed by atoms with Gasteiger partial charge in [0.25, 0.3) is 0 Å². The molecule has 0 saturated heterocycles. The minimum Gasteiger partial charge on any atom is -0.363 e. The largest absolute Gasteiger partial charge is 0.363 e. The minimum atomic E-state index is -1.69. The molecule has 22 heavy (non-hydrogen) atoms. The molecule has 3 rings (SSSR count). The van der Waals surface area contributed by atoms with Gasteiger partial charge in [0, 0.05) is 17.5 Å². The highest BCUT2D eigenvalue weighted by Crippen LogP contribution is 2.31. The van der Waals surface area contributed by atoms with E-state index in [2.05, 4.69) is 29.7 Å². The maximum Gasteiger partial charge on any atom is 0.194 e. The second kappa shape index (κ2) is 6.28. The van der Waals surface area contributed by atoms with Crippen molar-refractivity contribution in [3.05, 3.63) is 52.8 Å². The Morgan fingerprint density at radius 2 is 2.05 bits per heavy atom. The van der Waals surface area contributed by atoms with Crippen LogP contribution < -0.4 is 0 Å². The fourth-order valence-corrected chi connectivity index (χ4v) is 3.55. The lowest BCUT2D eigenvalue weighted by Gasteiger charge is -2.24. The van der Waals surface area contributed by atoms with E-state index in [1.807, 2.05) is 12.1 Å². The van der Waals surface area contributed by atoms with Crippen LogP contribution in [0, 0.1) is 5.92 Å². The average molecular weight is 317 g/mol. The molecule has 5 heteroatoms. The number of thiol groups is 1. The number of hydrogen-bond donors (Lipinski definition) is 4. The molecule has 4 nitrogen and oxygen atoms in total. The van der Waals surface area contributed by atoms with Gasteiger partial charge in [-0.3, -0.25) is 4.79 Å². The summed E-state index contributed by atoms with van der Waals surface area (Å²) in [7, 11) is 0. The van der Waals surface area contributed by atoms with Crippen LogP contribution >= 0.6 is 12.6 Å². The van der Waals surface area contributed by atoms with E-state index in [1.165, 1.54) is 17.3 Å². The third-order valence-electron chi connectivity index (χ3n) is 4.35. The first-order valence-electron chi connectivity index (χ1n) is 7.42. The van der Waals surface area contributed by atoms with Gasteiger partial charge >= 0.3 is 0 Å². The SMILES string of the molecule is O=C(CC1CCc2ccccc2C1)c1c(S)c[nH]c1C(O)O. The summed E-state index contributed by atoms with van der Waals surface area (Å²) in [6.07, 6.45) is 3.09. The third kappa shape index (κ3) is 2.97. The molecule has 1 atom stereocenters. The van der Waals surface area contributed by atoms with Crippen LogP contribution in [0.4, 0.5) is 0 Å². The topological polar surface area (TPSA) is 73.3 Å². The smallest absolute Gasteiger partial charge is 0.194 e. The van der Waals surface area contributed by atoms with Gasteiger partial charge in [0.2, 0.25) is 0 Å². The zero-order valence-electron chi connectivity index (χ0n) is 12.1. The van der Waals surface area contributed by atoms with Crippen molar-refractivity contribution in [1.29, 1.82) is 0 Å². The second-order valence-electron chi connectivity index (χ2n) is 5.84. The molecular formula is C17H19NO3S. The average Bonchev–Trinajstić information content (AvgIpc) is 2.89. The fraction of sp³-hybridized carbons (Fsp3) is 0.353. The summed E-state index contributed by atoms with van der Waals surface area (Å²) in [5.74, 6) is 0.201. The summed E-state index contributed by atoms with van der Waals surface area (Å²) in [4.78, 5) is 15.7. The van der Waals surface area contributed by atoms with Crippen LogP contribution in [0.5, 0.6) is 0 Å². The van der Waals surface area contributed by atoms with Gasteiger partial charge in [0.1, 0.15) is 0 Å². The van der Waals surface area contributed by atoms with Gasteiger partial charge in [-0.25, -0.2) is 0 Å². The summed E-state index contributed by atoms with van der Waals surface area (Å²) in [5, 5.41) is 18.7. The molecule has 3 N–H and O–H groups in total. The Morgan fingerprint density at radius 1 is 1.32 bits per heavy atom. The zero-order valence-corrected chi connectivity index (χ0v) is 13.0. The van der Waals surface area contributed by atoms with E-state index in [0.717, 1.165) is 19.3 Å². The number of aromatic nitrogens is 1. The van der Waals surface area contributed by atoms with E-state index in [0.29, 0.717) is 16.9 Å². The number of nitrogens with one attached hydrogen (secondary N) is 1. The summed E-state index contributed by atoms with van der Waals surface area (Å²) < 4.78 is 0. The van der Waals surface area contributed by atoms with Crippen LogP contribution in [0.2, 0.25) is 0 Å². The van der Waals surface area contributed by atoms with Crippen molar-refractivity contribution in [1.82, 2.24) is 4.98 Å². The maximum atomic E-state index is 12.5. The van der Waals surface area contributed by atoms with Gasteiger partial charge in [-0.15, -0.1) is 12.6 Å². The monoisotopic (exact) mass is 317 g/mol. The van der Waals surface area contributed by atoms with Gasteiger partial charge in [-0.05, 0) is 36.3 Å². The minimum absolute atomic E-state index is 0.0845. The number of hydrogen-bond acceptors (Lipinski definition) is 4. The zero-order chi connectivity index (χ0) is 15.7. The fourth-order valence-electron chi connectivity index (χ4n) is 3.24. The van der Waals surface area contributed by atoms with Crippen LogP contribution in [-0.2, 0) is 12.8 Å². The Morgan fingerprint density at radius 3 is 2.77 bits per heavy atom. The number of carbonyl (C=O) groups excluding carboxylic acids is 1. The molecule has 2 aromatic rings. The van der Waals surface area contributed by atoms with Gasteiger partial charge in [-0.1, -0.05) is 24.3 Å². The predicted octanol–water partition coefficient (Wildman–Crippen LogP) is 2.66. The highest BCUT2D eigenvalue weighted by Gasteiger charge is 2.25. The molecule has 0 radical (unpaired) electrons. The van der Waals surface area contributed by atoms with E-state index in [-0.39, 0.29) is 17.4 Å². The lowest BCUT2D eigenvalue weighted by atomic mass is 9.81. The van der Waals surface area contributed by atoms with Gasteiger partial charge in [0.15, 0.2) is 12.1 Å². The number of H-pyrrole nitrogens is 1. The van der Waals surface area contributed by atoms with Gasteiger partial charge in [0.05, 0.1) is 11.3 Å². The molecule has 1 aliphatic rings. The highest BCUT2D eigenvalue weighted by molar-refractivity contribution is 7.80. The Bertz CT molecular complexity index is 693. The molecule has 1 aromatic heterocycles. The molecular weight excluding hydrogens is 298 g/mol. The molecule has 0 bridgehead atoms. The number of aliphatic hydroxyl groups excluding tert-OH is 1. The molecule has 1 aliphatic carbocycles. The lowest BCUT2D eigenvalue weighted by Crippen LogP contribution is -2.18. The van der Waals surface area contributed by atoms with Crippen LogP contribution in [0.15, 0.2) is 35.4 Å². The van der Waals surface area contributed by atoms with Crippen molar-refractivity contribution in [2.24, 2.45) is 5.92 Å². The molecule has 0 aliphatic heterocycles. The molecule has 0 spiro atoms. The first kappa shape index (κ1) is 15.3. The Labute approximate surface area is 134 Å². The molecule has 1 heterocycles. The normalized spacial score (nSPS) is 17.5. The van der Waals surface area contributed by atoms with Gasteiger partial charge in [-0.2, -0.15) is 0 Å².